The van der Waals surface area contributed by atoms with Gasteiger partial charge in [0.15, 0.2) is 0 Å². The lowest BCUT2D eigenvalue weighted by molar-refractivity contribution is -0.0117. The SMILES string of the molecule is Cc1sc2ncnc(NCC3CN(C)CCO3)c2c1C. The summed E-state index contributed by atoms with van der Waals surface area (Å²) in [5.41, 5.74) is 1.27. The molecule has 1 unspecified atom stereocenters. The number of rotatable bonds is 3. The lowest BCUT2D eigenvalue weighted by Gasteiger charge is -2.30. The van der Waals surface area contributed by atoms with Crippen molar-refractivity contribution in [3.8, 4) is 0 Å². The topological polar surface area (TPSA) is 50.3 Å². The molecule has 3 rings (SSSR count). The van der Waals surface area contributed by atoms with Crippen LogP contribution in [0.5, 0.6) is 0 Å². The number of morpholine rings is 1. The Bertz CT molecular complexity index is 612. The second-order valence-corrected chi connectivity index (χ2v) is 6.52. The molecule has 1 fully saturated rings. The van der Waals surface area contributed by atoms with E-state index in [4.69, 9.17) is 4.74 Å². The Kier molecular flexibility index (Phi) is 3.87. The van der Waals surface area contributed by atoms with Crippen molar-refractivity contribution < 1.29 is 4.74 Å². The summed E-state index contributed by atoms with van der Waals surface area (Å²) in [6.45, 7) is 7.82. The van der Waals surface area contributed by atoms with E-state index in [2.05, 4.69) is 41.1 Å². The van der Waals surface area contributed by atoms with Crippen LogP contribution in [0.3, 0.4) is 0 Å². The third-order valence-electron chi connectivity index (χ3n) is 3.80. The van der Waals surface area contributed by atoms with Gasteiger partial charge in [-0.15, -0.1) is 11.3 Å². The molecule has 3 heterocycles. The van der Waals surface area contributed by atoms with E-state index in [0.29, 0.717) is 0 Å². The summed E-state index contributed by atoms with van der Waals surface area (Å²) in [5.74, 6) is 0.925. The monoisotopic (exact) mass is 292 g/mol. The normalized spacial score (nSPS) is 20.4. The third-order valence-corrected chi connectivity index (χ3v) is 4.92. The molecule has 0 aromatic carbocycles. The van der Waals surface area contributed by atoms with Crippen molar-refractivity contribution in [2.75, 3.05) is 38.6 Å². The lowest BCUT2D eigenvalue weighted by atomic mass is 10.2. The fourth-order valence-electron chi connectivity index (χ4n) is 2.52. The van der Waals surface area contributed by atoms with Gasteiger partial charge in [0.25, 0.3) is 0 Å². The van der Waals surface area contributed by atoms with E-state index in [-0.39, 0.29) is 6.10 Å². The summed E-state index contributed by atoms with van der Waals surface area (Å²) in [6, 6.07) is 0. The van der Waals surface area contributed by atoms with E-state index >= 15 is 0 Å². The average molecular weight is 292 g/mol. The van der Waals surface area contributed by atoms with Gasteiger partial charge >= 0.3 is 0 Å². The zero-order chi connectivity index (χ0) is 14.1. The second kappa shape index (κ2) is 5.63. The molecule has 5 nitrogen and oxygen atoms in total. The molecule has 0 amide bonds. The molecule has 1 atom stereocenters. The minimum Gasteiger partial charge on any atom is -0.374 e. The van der Waals surface area contributed by atoms with Crippen molar-refractivity contribution in [2.45, 2.75) is 20.0 Å². The predicted molar refractivity (Wildman–Crippen MR) is 82.6 cm³/mol. The van der Waals surface area contributed by atoms with Gasteiger partial charge in [0.2, 0.25) is 0 Å². The molecule has 0 aliphatic carbocycles. The van der Waals surface area contributed by atoms with Gasteiger partial charge < -0.3 is 15.0 Å². The lowest BCUT2D eigenvalue weighted by Crippen LogP contribution is -2.43. The number of fused-ring (bicyclic) bond motifs is 1. The molecule has 0 bridgehead atoms. The van der Waals surface area contributed by atoms with Crippen LogP contribution in [-0.4, -0.2) is 54.3 Å². The summed E-state index contributed by atoms with van der Waals surface area (Å²) >= 11 is 1.72. The van der Waals surface area contributed by atoms with Crippen LogP contribution in [0.15, 0.2) is 6.33 Å². The number of ether oxygens (including phenoxy) is 1. The van der Waals surface area contributed by atoms with Gasteiger partial charge in [0.1, 0.15) is 17.0 Å². The van der Waals surface area contributed by atoms with E-state index < -0.39 is 0 Å². The summed E-state index contributed by atoms with van der Waals surface area (Å²) in [5, 5.41) is 4.59. The van der Waals surface area contributed by atoms with Gasteiger partial charge in [-0.3, -0.25) is 0 Å². The van der Waals surface area contributed by atoms with E-state index in [0.717, 1.165) is 42.3 Å². The molecule has 1 aliphatic heterocycles. The molecule has 20 heavy (non-hydrogen) atoms. The van der Waals surface area contributed by atoms with Crippen LogP contribution >= 0.6 is 11.3 Å². The highest BCUT2D eigenvalue weighted by atomic mass is 32.1. The number of nitrogens with zero attached hydrogens (tertiary/aromatic N) is 3. The van der Waals surface area contributed by atoms with Crippen molar-refractivity contribution >= 4 is 27.4 Å². The van der Waals surface area contributed by atoms with Crippen LogP contribution in [0.1, 0.15) is 10.4 Å². The van der Waals surface area contributed by atoms with Gasteiger partial charge in [0, 0.05) is 24.5 Å². The van der Waals surface area contributed by atoms with Gasteiger partial charge in [0.05, 0.1) is 18.1 Å². The van der Waals surface area contributed by atoms with E-state index in [1.54, 1.807) is 17.7 Å². The number of aromatic nitrogens is 2. The zero-order valence-electron chi connectivity index (χ0n) is 12.1. The Morgan fingerprint density at radius 1 is 1.45 bits per heavy atom. The van der Waals surface area contributed by atoms with Crippen molar-refractivity contribution in [2.24, 2.45) is 0 Å². The Labute approximate surface area is 123 Å². The molecule has 2 aromatic rings. The number of hydrogen-bond acceptors (Lipinski definition) is 6. The summed E-state index contributed by atoms with van der Waals surface area (Å²) in [6.07, 6.45) is 1.85. The molecule has 1 aliphatic rings. The Hall–Kier alpha value is -1.24. The average Bonchev–Trinajstić information content (AvgIpc) is 2.73. The van der Waals surface area contributed by atoms with Crippen LogP contribution in [0.2, 0.25) is 0 Å². The fraction of sp³-hybridized carbons (Fsp3) is 0.571. The second-order valence-electron chi connectivity index (χ2n) is 5.32. The maximum Gasteiger partial charge on any atom is 0.138 e. The molecule has 1 N–H and O–H groups in total. The Morgan fingerprint density at radius 2 is 2.30 bits per heavy atom. The van der Waals surface area contributed by atoms with Crippen LogP contribution < -0.4 is 5.32 Å². The van der Waals surface area contributed by atoms with Crippen LogP contribution in [0, 0.1) is 13.8 Å². The molecule has 0 saturated carbocycles. The summed E-state index contributed by atoms with van der Waals surface area (Å²) in [7, 11) is 2.13. The minimum absolute atomic E-state index is 0.221. The largest absolute Gasteiger partial charge is 0.374 e. The van der Waals surface area contributed by atoms with Gasteiger partial charge in [-0.25, -0.2) is 9.97 Å². The van der Waals surface area contributed by atoms with Gasteiger partial charge in [-0.2, -0.15) is 0 Å². The zero-order valence-corrected chi connectivity index (χ0v) is 13.0. The van der Waals surface area contributed by atoms with Crippen LogP contribution in [0.4, 0.5) is 5.82 Å². The molecule has 1 saturated heterocycles. The maximum atomic E-state index is 5.77. The number of hydrogen-bond donors (Lipinski definition) is 1. The highest BCUT2D eigenvalue weighted by molar-refractivity contribution is 7.18. The summed E-state index contributed by atoms with van der Waals surface area (Å²) < 4.78 is 5.77. The van der Waals surface area contributed by atoms with E-state index in [9.17, 15) is 0 Å². The minimum atomic E-state index is 0.221. The van der Waals surface area contributed by atoms with Crippen molar-refractivity contribution in [3.63, 3.8) is 0 Å². The molecular weight excluding hydrogens is 272 g/mol. The quantitative estimate of drug-likeness (QED) is 0.938. The third kappa shape index (κ3) is 2.63. The summed E-state index contributed by atoms with van der Waals surface area (Å²) in [4.78, 5) is 13.4. The number of nitrogens with one attached hydrogen (secondary N) is 1. The van der Waals surface area contributed by atoms with Gasteiger partial charge in [-0.1, -0.05) is 0 Å². The number of aryl methyl sites for hydroxylation is 2. The first-order valence-electron chi connectivity index (χ1n) is 6.90. The van der Waals surface area contributed by atoms with E-state index in [1.165, 1.54) is 10.4 Å². The smallest absolute Gasteiger partial charge is 0.138 e. The molecule has 108 valence electrons. The first kappa shape index (κ1) is 13.7. The number of thiophene rings is 1. The van der Waals surface area contributed by atoms with E-state index in [1.807, 2.05) is 0 Å². The molecule has 0 radical (unpaired) electrons. The highest BCUT2D eigenvalue weighted by Gasteiger charge is 2.18. The Balaban J connectivity index is 1.77. The van der Waals surface area contributed by atoms with Crippen LogP contribution in [-0.2, 0) is 4.74 Å². The van der Waals surface area contributed by atoms with Crippen LogP contribution in [0.25, 0.3) is 10.2 Å². The number of anilines is 1. The van der Waals surface area contributed by atoms with Crippen molar-refractivity contribution in [3.05, 3.63) is 16.8 Å². The molecule has 0 spiro atoms. The first-order chi connectivity index (χ1) is 9.65. The first-order valence-corrected chi connectivity index (χ1v) is 7.71. The molecular formula is C14H20N4OS. The maximum absolute atomic E-state index is 5.77. The Morgan fingerprint density at radius 3 is 3.10 bits per heavy atom. The van der Waals surface area contributed by atoms with Gasteiger partial charge in [-0.05, 0) is 26.5 Å². The highest BCUT2D eigenvalue weighted by Crippen LogP contribution is 2.32. The molecule has 2 aromatic heterocycles. The standard InChI is InChI=1S/C14H20N4OS/c1-9-10(2)20-14-12(9)13(16-8-17-14)15-6-11-7-18(3)4-5-19-11/h8,11H,4-7H2,1-3H3,(H,15,16,17). The fourth-order valence-corrected chi connectivity index (χ4v) is 3.51. The van der Waals surface area contributed by atoms with Crippen molar-refractivity contribution in [1.29, 1.82) is 0 Å². The van der Waals surface area contributed by atoms with Crippen molar-refractivity contribution in [1.82, 2.24) is 14.9 Å². The predicted octanol–water partition coefficient (Wildman–Crippen LogP) is 2.05. The molecule has 6 heteroatoms. The number of likely N-dealkylation sites (N-methyl/N-ethyl adjacent to an activating group) is 1.